The van der Waals surface area contributed by atoms with E-state index < -0.39 is 0 Å². The monoisotopic (exact) mass is 215 g/mol. The standard InChI is InChI=1S/C12H25NO2/c1-7-8-12(4,5)13-10(3)9(2)11(14)15-6/h9-10,13H,7-8H2,1-6H3. The number of carbonyl (C=O) groups excluding carboxylic acids is 1. The maximum Gasteiger partial charge on any atom is 0.309 e. The molecule has 0 saturated heterocycles. The van der Waals surface area contributed by atoms with E-state index in [2.05, 4.69) is 26.1 Å². The van der Waals surface area contributed by atoms with E-state index in [4.69, 9.17) is 4.74 Å². The molecule has 15 heavy (non-hydrogen) atoms. The minimum absolute atomic E-state index is 0.0798. The fourth-order valence-corrected chi connectivity index (χ4v) is 1.83. The Labute approximate surface area is 93.6 Å². The number of esters is 1. The van der Waals surface area contributed by atoms with E-state index in [9.17, 15) is 4.79 Å². The minimum atomic E-state index is -0.151. The van der Waals surface area contributed by atoms with Gasteiger partial charge in [-0.05, 0) is 27.2 Å². The van der Waals surface area contributed by atoms with Gasteiger partial charge in [-0.25, -0.2) is 0 Å². The first-order valence-corrected chi connectivity index (χ1v) is 5.69. The van der Waals surface area contributed by atoms with Gasteiger partial charge in [-0.1, -0.05) is 20.3 Å². The first kappa shape index (κ1) is 14.4. The molecule has 3 nitrogen and oxygen atoms in total. The van der Waals surface area contributed by atoms with Crippen LogP contribution in [-0.4, -0.2) is 24.7 Å². The van der Waals surface area contributed by atoms with Gasteiger partial charge in [0, 0.05) is 11.6 Å². The van der Waals surface area contributed by atoms with Gasteiger partial charge in [0.15, 0.2) is 0 Å². The molecule has 1 N–H and O–H groups in total. The largest absolute Gasteiger partial charge is 0.469 e. The molecule has 0 spiro atoms. The molecule has 0 bridgehead atoms. The van der Waals surface area contributed by atoms with Crippen molar-refractivity contribution in [1.29, 1.82) is 0 Å². The topological polar surface area (TPSA) is 38.3 Å². The van der Waals surface area contributed by atoms with Crippen LogP contribution < -0.4 is 5.32 Å². The quantitative estimate of drug-likeness (QED) is 0.691. The summed E-state index contributed by atoms with van der Waals surface area (Å²) in [6.45, 7) is 10.4. The third-order valence-corrected chi connectivity index (χ3v) is 2.82. The summed E-state index contributed by atoms with van der Waals surface area (Å²) < 4.78 is 4.73. The summed E-state index contributed by atoms with van der Waals surface area (Å²) in [5, 5.41) is 3.47. The van der Waals surface area contributed by atoms with Crippen LogP contribution in [0.2, 0.25) is 0 Å². The first-order valence-electron chi connectivity index (χ1n) is 5.69. The summed E-state index contributed by atoms with van der Waals surface area (Å²) >= 11 is 0. The average molecular weight is 215 g/mol. The molecule has 0 aromatic heterocycles. The van der Waals surface area contributed by atoms with Crippen molar-refractivity contribution in [2.75, 3.05) is 7.11 Å². The Hall–Kier alpha value is -0.570. The number of carbonyl (C=O) groups is 1. The molecule has 90 valence electrons. The highest BCUT2D eigenvalue weighted by molar-refractivity contribution is 5.72. The molecule has 0 heterocycles. The van der Waals surface area contributed by atoms with Crippen LogP contribution >= 0.6 is 0 Å². The third-order valence-electron chi connectivity index (χ3n) is 2.82. The van der Waals surface area contributed by atoms with E-state index in [0.29, 0.717) is 0 Å². The maximum atomic E-state index is 11.3. The van der Waals surface area contributed by atoms with Gasteiger partial charge >= 0.3 is 5.97 Å². The van der Waals surface area contributed by atoms with Gasteiger partial charge in [0.1, 0.15) is 0 Å². The van der Waals surface area contributed by atoms with Crippen molar-refractivity contribution in [3.63, 3.8) is 0 Å². The van der Waals surface area contributed by atoms with E-state index >= 15 is 0 Å². The number of hydrogen-bond acceptors (Lipinski definition) is 3. The smallest absolute Gasteiger partial charge is 0.309 e. The van der Waals surface area contributed by atoms with Crippen molar-refractivity contribution >= 4 is 5.97 Å². The molecular formula is C12H25NO2. The molecule has 0 aliphatic rings. The second kappa shape index (κ2) is 6.11. The molecule has 3 heteroatoms. The third kappa shape index (κ3) is 5.17. The van der Waals surface area contributed by atoms with E-state index in [1.165, 1.54) is 7.11 Å². The molecule has 0 aromatic carbocycles. The predicted octanol–water partition coefficient (Wildman–Crippen LogP) is 2.35. The van der Waals surface area contributed by atoms with E-state index in [1.807, 2.05) is 13.8 Å². The number of hydrogen-bond donors (Lipinski definition) is 1. The van der Waals surface area contributed by atoms with Crippen LogP contribution in [0, 0.1) is 5.92 Å². The molecule has 0 amide bonds. The molecule has 0 aliphatic carbocycles. The average Bonchev–Trinajstić information content (AvgIpc) is 2.14. The summed E-state index contributed by atoms with van der Waals surface area (Å²) in [6, 6.07) is 0.138. The highest BCUT2D eigenvalue weighted by Crippen LogP contribution is 2.15. The molecule has 0 rings (SSSR count). The molecule has 2 unspecified atom stereocenters. The van der Waals surface area contributed by atoms with Crippen LogP contribution in [0.25, 0.3) is 0 Å². The zero-order chi connectivity index (χ0) is 12.1. The maximum absolute atomic E-state index is 11.3. The van der Waals surface area contributed by atoms with Gasteiger partial charge < -0.3 is 10.1 Å². The Morgan fingerprint density at radius 3 is 2.33 bits per heavy atom. The van der Waals surface area contributed by atoms with Crippen molar-refractivity contribution in [2.24, 2.45) is 5.92 Å². The Balaban J connectivity index is 4.22. The SMILES string of the molecule is CCCC(C)(C)NC(C)C(C)C(=O)OC. The minimum Gasteiger partial charge on any atom is -0.469 e. The lowest BCUT2D eigenvalue weighted by Crippen LogP contribution is -2.48. The van der Waals surface area contributed by atoms with Crippen LogP contribution in [0.15, 0.2) is 0 Å². The molecule has 0 fully saturated rings. The van der Waals surface area contributed by atoms with Gasteiger partial charge in [-0.15, -0.1) is 0 Å². The zero-order valence-corrected chi connectivity index (χ0v) is 10.9. The molecule has 0 saturated carbocycles. The summed E-state index contributed by atoms with van der Waals surface area (Å²) in [6.07, 6.45) is 2.24. The predicted molar refractivity (Wildman–Crippen MR) is 62.8 cm³/mol. The van der Waals surface area contributed by atoms with Crippen LogP contribution in [0.1, 0.15) is 47.5 Å². The van der Waals surface area contributed by atoms with Gasteiger partial charge in [-0.3, -0.25) is 4.79 Å². The van der Waals surface area contributed by atoms with Crippen molar-refractivity contribution in [3.05, 3.63) is 0 Å². The van der Waals surface area contributed by atoms with Gasteiger partial charge in [0.05, 0.1) is 13.0 Å². The Kier molecular flexibility index (Phi) is 5.88. The van der Waals surface area contributed by atoms with Crippen molar-refractivity contribution < 1.29 is 9.53 Å². The van der Waals surface area contributed by atoms with Crippen LogP contribution in [0.5, 0.6) is 0 Å². The Morgan fingerprint density at radius 2 is 1.93 bits per heavy atom. The number of ether oxygens (including phenoxy) is 1. The van der Waals surface area contributed by atoms with Gasteiger partial charge in [-0.2, -0.15) is 0 Å². The lowest BCUT2D eigenvalue weighted by atomic mass is 9.94. The first-order chi connectivity index (χ1) is 6.84. The summed E-state index contributed by atoms with van der Waals surface area (Å²) in [4.78, 5) is 11.3. The normalized spacial score (nSPS) is 15.9. The number of methoxy groups -OCH3 is 1. The fourth-order valence-electron chi connectivity index (χ4n) is 1.83. The highest BCUT2D eigenvalue weighted by atomic mass is 16.5. The Morgan fingerprint density at radius 1 is 1.40 bits per heavy atom. The summed E-state index contributed by atoms with van der Waals surface area (Å²) in [7, 11) is 1.43. The lowest BCUT2D eigenvalue weighted by Gasteiger charge is -2.32. The molecule has 0 aromatic rings. The molecular weight excluding hydrogens is 190 g/mol. The molecule has 2 atom stereocenters. The summed E-state index contributed by atoms with van der Waals surface area (Å²) in [5.41, 5.74) is 0.0798. The molecule has 0 aliphatic heterocycles. The summed E-state index contributed by atoms with van der Waals surface area (Å²) in [5.74, 6) is -0.256. The highest BCUT2D eigenvalue weighted by Gasteiger charge is 2.26. The number of nitrogens with one attached hydrogen (secondary N) is 1. The van der Waals surface area contributed by atoms with Crippen LogP contribution in [0.4, 0.5) is 0 Å². The van der Waals surface area contributed by atoms with Crippen LogP contribution in [-0.2, 0) is 9.53 Å². The second-order valence-electron chi connectivity index (χ2n) is 4.88. The van der Waals surface area contributed by atoms with Gasteiger partial charge in [0.25, 0.3) is 0 Å². The zero-order valence-electron chi connectivity index (χ0n) is 10.9. The fraction of sp³-hybridized carbons (Fsp3) is 0.917. The van der Waals surface area contributed by atoms with Crippen molar-refractivity contribution in [1.82, 2.24) is 5.32 Å². The lowest BCUT2D eigenvalue weighted by molar-refractivity contribution is -0.145. The van der Waals surface area contributed by atoms with Crippen LogP contribution in [0.3, 0.4) is 0 Å². The Bertz CT molecular complexity index is 202. The van der Waals surface area contributed by atoms with Crippen molar-refractivity contribution in [3.8, 4) is 0 Å². The van der Waals surface area contributed by atoms with E-state index in [-0.39, 0.29) is 23.5 Å². The molecule has 0 radical (unpaired) electrons. The number of rotatable bonds is 6. The van der Waals surface area contributed by atoms with E-state index in [1.54, 1.807) is 0 Å². The van der Waals surface area contributed by atoms with E-state index in [0.717, 1.165) is 12.8 Å². The van der Waals surface area contributed by atoms with Gasteiger partial charge in [0.2, 0.25) is 0 Å². The van der Waals surface area contributed by atoms with Crippen molar-refractivity contribution in [2.45, 2.75) is 59.0 Å². The second-order valence-corrected chi connectivity index (χ2v) is 4.88.